The minimum absolute atomic E-state index is 0.132. The van der Waals surface area contributed by atoms with Gasteiger partial charge in [-0.05, 0) is 38.5 Å². The summed E-state index contributed by atoms with van der Waals surface area (Å²) in [5.74, 6) is -0.591. The van der Waals surface area contributed by atoms with Crippen LogP contribution >= 0.6 is 0 Å². The number of aryl methyl sites for hydroxylation is 1. The van der Waals surface area contributed by atoms with Crippen LogP contribution in [0.5, 0.6) is 0 Å². The molecule has 0 saturated heterocycles. The summed E-state index contributed by atoms with van der Waals surface area (Å²) in [5.41, 5.74) is 1.83. The van der Waals surface area contributed by atoms with Gasteiger partial charge in [-0.1, -0.05) is 17.7 Å². The number of rotatable bonds is 4. The van der Waals surface area contributed by atoms with Gasteiger partial charge in [0.15, 0.2) is 0 Å². The second-order valence-electron chi connectivity index (χ2n) is 4.67. The third-order valence-corrected chi connectivity index (χ3v) is 4.87. The Labute approximate surface area is 118 Å². The molecule has 5 nitrogen and oxygen atoms in total. The van der Waals surface area contributed by atoms with Crippen molar-refractivity contribution in [3.8, 4) is 0 Å². The fourth-order valence-electron chi connectivity index (χ4n) is 2.01. The Morgan fingerprint density at radius 3 is 2.35 bits per heavy atom. The molecule has 20 heavy (non-hydrogen) atoms. The second kappa shape index (κ2) is 5.28. The van der Waals surface area contributed by atoms with Crippen LogP contribution in [-0.4, -0.2) is 31.8 Å². The topological polar surface area (TPSA) is 63.7 Å². The van der Waals surface area contributed by atoms with E-state index in [0.717, 1.165) is 15.4 Å². The third-order valence-electron chi connectivity index (χ3n) is 3.11. The number of benzene rings is 1. The van der Waals surface area contributed by atoms with E-state index in [1.807, 2.05) is 6.92 Å². The summed E-state index contributed by atoms with van der Waals surface area (Å²) in [4.78, 5) is 12.0. The van der Waals surface area contributed by atoms with Crippen LogP contribution in [0.4, 0.5) is 0 Å². The lowest BCUT2D eigenvalue weighted by Crippen LogP contribution is -2.44. The first kappa shape index (κ1) is 14.6. The summed E-state index contributed by atoms with van der Waals surface area (Å²) in [6.07, 6.45) is 0. The average molecular weight is 295 g/mol. The van der Waals surface area contributed by atoms with E-state index < -0.39 is 16.0 Å². The van der Waals surface area contributed by atoms with Gasteiger partial charge in [-0.3, -0.25) is 4.31 Å². The summed E-state index contributed by atoms with van der Waals surface area (Å²) >= 11 is 0. The first-order chi connectivity index (χ1) is 9.37. The highest BCUT2D eigenvalue weighted by molar-refractivity contribution is 7.89. The van der Waals surface area contributed by atoms with E-state index in [2.05, 4.69) is 0 Å². The second-order valence-corrected chi connectivity index (χ2v) is 6.54. The van der Waals surface area contributed by atoms with Gasteiger partial charge in [0, 0.05) is 0 Å². The normalized spacial score (nSPS) is 15.1. The predicted molar refractivity (Wildman–Crippen MR) is 74.4 cm³/mol. The summed E-state index contributed by atoms with van der Waals surface area (Å²) in [5, 5.41) is 0. The third kappa shape index (κ3) is 2.43. The Balaban J connectivity index is 2.33. The van der Waals surface area contributed by atoms with Crippen molar-refractivity contribution in [2.45, 2.75) is 25.7 Å². The van der Waals surface area contributed by atoms with Gasteiger partial charge in [-0.25, -0.2) is 13.2 Å². The standard InChI is InChI=1S/C14H17NO4S/c1-4-19-14(16)13-11(3)9-15(13)20(17,18)12-7-5-10(2)6-8-12/h5-8H,4,9H2,1-3H3. The van der Waals surface area contributed by atoms with Crippen molar-refractivity contribution in [3.05, 3.63) is 41.1 Å². The summed E-state index contributed by atoms with van der Waals surface area (Å²) in [7, 11) is -3.69. The average Bonchev–Trinajstić information content (AvgIpc) is 2.36. The largest absolute Gasteiger partial charge is 0.461 e. The fourth-order valence-corrected chi connectivity index (χ4v) is 3.58. The lowest BCUT2D eigenvalue weighted by molar-refractivity contribution is -0.140. The van der Waals surface area contributed by atoms with Crippen molar-refractivity contribution in [1.29, 1.82) is 0 Å². The molecule has 0 atom stereocenters. The highest BCUT2D eigenvalue weighted by atomic mass is 32.2. The van der Waals surface area contributed by atoms with Crippen LogP contribution in [0.3, 0.4) is 0 Å². The summed E-state index contributed by atoms with van der Waals surface area (Å²) < 4.78 is 30.9. The van der Waals surface area contributed by atoms with Crippen molar-refractivity contribution in [2.24, 2.45) is 0 Å². The zero-order valence-corrected chi connectivity index (χ0v) is 12.5. The number of ether oxygens (including phenoxy) is 1. The minimum Gasteiger partial charge on any atom is -0.461 e. The molecular formula is C14H17NO4S. The molecule has 1 aromatic rings. The molecule has 2 rings (SSSR count). The molecule has 0 saturated carbocycles. The first-order valence-electron chi connectivity index (χ1n) is 6.34. The number of carbonyl (C=O) groups is 1. The highest BCUT2D eigenvalue weighted by Gasteiger charge is 2.39. The monoisotopic (exact) mass is 295 g/mol. The maximum Gasteiger partial charge on any atom is 0.355 e. The molecule has 0 radical (unpaired) electrons. The van der Waals surface area contributed by atoms with Gasteiger partial charge in [0.1, 0.15) is 5.70 Å². The van der Waals surface area contributed by atoms with Gasteiger partial charge in [-0.2, -0.15) is 0 Å². The summed E-state index contributed by atoms with van der Waals surface area (Å²) in [6, 6.07) is 6.54. The molecule has 1 heterocycles. The van der Waals surface area contributed by atoms with Crippen molar-refractivity contribution in [3.63, 3.8) is 0 Å². The fraction of sp³-hybridized carbons (Fsp3) is 0.357. The molecule has 0 spiro atoms. The Morgan fingerprint density at radius 1 is 1.25 bits per heavy atom. The molecule has 0 unspecified atom stereocenters. The van der Waals surface area contributed by atoms with E-state index in [1.54, 1.807) is 38.1 Å². The molecule has 0 amide bonds. The van der Waals surface area contributed by atoms with Gasteiger partial charge in [-0.15, -0.1) is 0 Å². The van der Waals surface area contributed by atoms with Crippen LogP contribution in [0.25, 0.3) is 0 Å². The number of sulfonamides is 1. The SMILES string of the molecule is CCOC(=O)C1=C(C)CN1S(=O)(=O)c1ccc(C)cc1. The number of esters is 1. The Bertz CT molecular complexity index is 659. The van der Waals surface area contributed by atoms with Crippen LogP contribution in [0.1, 0.15) is 19.4 Å². The predicted octanol–water partition coefficient (Wildman–Crippen LogP) is 1.84. The minimum atomic E-state index is -3.69. The van der Waals surface area contributed by atoms with E-state index in [0.29, 0.717) is 0 Å². The van der Waals surface area contributed by atoms with Crippen molar-refractivity contribution in [2.75, 3.05) is 13.2 Å². The lowest BCUT2D eigenvalue weighted by Gasteiger charge is -2.34. The lowest BCUT2D eigenvalue weighted by atomic mass is 10.1. The van der Waals surface area contributed by atoms with Crippen LogP contribution in [0, 0.1) is 6.92 Å². The quantitative estimate of drug-likeness (QED) is 0.795. The van der Waals surface area contributed by atoms with E-state index in [9.17, 15) is 13.2 Å². The van der Waals surface area contributed by atoms with Crippen LogP contribution in [0.2, 0.25) is 0 Å². The molecule has 108 valence electrons. The Hall–Kier alpha value is -1.82. The Morgan fingerprint density at radius 2 is 1.85 bits per heavy atom. The van der Waals surface area contributed by atoms with Gasteiger partial charge < -0.3 is 4.74 Å². The van der Waals surface area contributed by atoms with Crippen LogP contribution in [-0.2, 0) is 19.6 Å². The zero-order valence-electron chi connectivity index (χ0n) is 11.7. The molecule has 0 aliphatic carbocycles. The number of hydrogen-bond acceptors (Lipinski definition) is 4. The van der Waals surface area contributed by atoms with Crippen molar-refractivity contribution < 1.29 is 17.9 Å². The van der Waals surface area contributed by atoms with E-state index in [4.69, 9.17) is 4.74 Å². The van der Waals surface area contributed by atoms with Gasteiger partial charge in [0.2, 0.25) is 0 Å². The van der Waals surface area contributed by atoms with Crippen molar-refractivity contribution in [1.82, 2.24) is 4.31 Å². The smallest absolute Gasteiger partial charge is 0.355 e. The number of hydrogen-bond donors (Lipinski definition) is 0. The van der Waals surface area contributed by atoms with Crippen LogP contribution < -0.4 is 0 Å². The zero-order chi connectivity index (χ0) is 14.9. The molecule has 0 aromatic heterocycles. The number of nitrogens with zero attached hydrogens (tertiary/aromatic N) is 1. The maximum atomic E-state index is 12.5. The van der Waals surface area contributed by atoms with Gasteiger partial charge in [0.05, 0.1) is 18.0 Å². The van der Waals surface area contributed by atoms with Crippen LogP contribution in [0.15, 0.2) is 40.4 Å². The molecule has 1 aromatic carbocycles. The molecule has 1 aliphatic heterocycles. The molecular weight excluding hydrogens is 278 g/mol. The molecule has 0 bridgehead atoms. The van der Waals surface area contributed by atoms with Crippen molar-refractivity contribution >= 4 is 16.0 Å². The number of carbonyl (C=O) groups excluding carboxylic acids is 1. The van der Waals surface area contributed by atoms with E-state index in [1.165, 1.54) is 0 Å². The molecule has 6 heteroatoms. The highest BCUT2D eigenvalue weighted by Crippen LogP contribution is 2.31. The van der Waals surface area contributed by atoms with E-state index >= 15 is 0 Å². The summed E-state index contributed by atoms with van der Waals surface area (Å²) in [6.45, 7) is 5.74. The van der Waals surface area contributed by atoms with Gasteiger partial charge >= 0.3 is 5.97 Å². The van der Waals surface area contributed by atoms with E-state index in [-0.39, 0.29) is 23.7 Å². The molecule has 1 aliphatic rings. The van der Waals surface area contributed by atoms with Gasteiger partial charge in [0.25, 0.3) is 10.0 Å². The Kier molecular flexibility index (Phi) is 3.85. The maximum absolute atomic E-state index is 12.5. The first-order valence-corrected chi connectivity index (χ1v) is 7.78. The molecule has 0 fully saturated rings. The molecule has 0 N–H and O–H groups in total.